The zero-order chi connectivity index (χ0) is 12.5. The van der Waals surface area contributed by atoms with E-state index >= 15 is 0 Å². The summed E-state index contributed by atoms with van der Waals surface area (Å²) >= 11 is 0. The Labute approximate surface area is 105 Å². The fourth-order valence-corrected chi connectivity index (χ4v) is 2.36. The van der Waals surface area contributed by atoms with Crippen molar-refractivity contribution in [2.45, 2.75) is 12.8 Å². The van der Waals surface area contributed by atoms with Gasteiger partial charge in [-0.05, 0) is 24.1 Å². The summed E-state index contributed by atoms with van der Waals surface area (Å²) in [5.41, 5.74) is 2.39. The highest BCUT2D eigenvalue weighted by atomic mass is 16.2. The molecule has 1 aromatic rings. The Morgan fingerprint density at radius 1 is 1.28 bits per heavy atom. The predicted octanol–water partition coefficient (Wildman–Crippen LogP) is 1.58. The molecular weight excluding hydrogens is 228 g/mol. The highest BCUT2D eigenvalue weighted by Crippen LogP contribution is 2.24. The maximum absolute atomic E-state index is 12.3. The van der Waals surface area contributed by atoms with Gasteiger partial charge < -0.3 is 10.2 Å². The van der Waals surface area contributed by atoms with Crippen molar-refractivity contribution in [1.82, 2.24) is 4.90 Å². The number of nitrogens with one attached hydrogen (secondary N) is 1. The van der Waals surface area contributed by atoms with Gasteiger partial charge in [0, 0.05) is 24.3 Å². The van der Waals surface area contributed by atoms with E-state index in [-0.39, 0.29) is 11.8 Å². The van der Waals surface area contributed by atoms with Crippen molar-refractivity contribution >= 4 is 17.5 Å². The molecule has 1 aromatic carbocycles. The molecule has 0 aromatic heterocycles. The quantitative estimate of drug-likeness (QED) is 0.760. The van der Waals surface area contributed by atoms with Crippen LogP contribution in [-0.4, -0.2) is 29.8 Å². The van der Waals surface area contributed by atoms with Crippen LogP contribution in [-0.2, 0) is 11.2 Å². The first-order chi connectivity index (χ1) is 8.74. The van der Waals surface area contributed by atoms with Crippen LogP contribution in [0.3, 0.4) is 0 Å². The Morgan fingerprint density at radius 2 is 2.17 bits per heavy atom. The standard InChI is InChI=1S/C14H14N2O2/c17-13-9-10-4-5-11(8-12(10)15-13)14(18)16-6-2-1-3-7-16/h1-2,4-5,8H,3,6-7,9H2,(H,15,17). The van der Waals surface area contributed by atoms with Gasteiger partial charge in [-0.15, -0.1) is 0 Å². The van der Waals surface area contributed by atoms with Gasteiger partial charge in [0.05, 0.1) is 6.42 Å². The van der Waals surface area contributed by atoms with Gasteiger partial charge in [0.15, 0.2) is 0 Å². The van der Waals surface area contributed by atoms with Gasteiger partial charge in [-0.25, -0.2) is 0 Å². The fourth-order valence-electron chi connectivity index (χ4n) is 2.36. The molecule has 0 bridgehead atoms. The Bertz CT molecular complexity index is 549. The zero-order valence-corrected chi connectivity index (χ0v) is 9.98. The van der Waals surface area contributed by atoms with Crippen LogP contribution in [0.2, 0.25) is 0 Å². The smallest absolute Gasteiger partial charge is 0.254 e. The van der Waals surface area contributed by atoms with Crippen LogP contribution in [0.4, 0.5) is 5.69 Å². The van der Waals surface area contributed by atoms with Crippen LogP contribution in [0.5, 0.6) is 0 Å². The molecule has 4 nitrogen and oxygen atoms in total. The van der Waals surface area contributed by atoms with Crippen molar-refractivity contribution in [2.24, 2.45) is 0 Å². The van der Waals surface area contributed by atoms with Gasteiger partial charge in [0.1, 0.15) is 0 Å². The summed E-state index contributed by atoms with van der Waals surface area (Å²) in [7, 11) is 0. The topological polar surface area (TPSA) is 49.4 Å². The Balaban J connectivity index is 1.85. The van der Waals surface area contributed by atoms with Crippen LogP contribution < -0.4 is 5.32 Å². The van der Waals surface area contributed by atoms with E-state index in [1.54, 1.807) is 12.1 Å². The minimum Gasteiger partial charge on any atom is -0.335 e. The van der Waals surface area contributed by atoms with E-state index in [9.17, 15) is 9.59 Å². The lowest BCUT2D eigenvalue weighted by Crippen LogP contribution is -2.33. The Morgan fingerprint density at radius 3 is 2.94 bits per heavy atom. The van der Waals surface area contributed by atoms with E-state index in [2.05, 4.69) is 11.4 Å². The number of amides is 2. The van der Waals surface area contributed by atoms with E-state index in [1.165, 1.54) is 0 Å². The molecule has 3 rings (SSSR count). The van der Waals surface area contributed by atoms with Crippen molar-refractivity contribution in [3.63, 3.8) is 0 Å². The molecule has 0 saturated carbocycles. The molecule has 0 saturated heterocycles. The molecule has 0 fully saturated rings. The van der Waals surface area contributed by atoms with Gasteiger partial charge in [-0.3, -0.25) is 9.59 Å². The second-order valence-electron chi connectivity index (χ2n) is 4.61. The second-order valence-corrected chi connectivity index (χ2v) is 4.61. The summed E-state index contributed by atoms with van der Waals surface area (Å²) in [5.74, 6) is 0.0267. The molecule has 2 amide bonds. The average molecular weight is 242 g/mol. The summed E-state index contributed by atoms with van der Waals surface area (Å²) in [6.07, 6.45) is 5.42. The molecule has 2 aliphatic heterocycles. The molecule has 0 radical (unpaired) electrons. The lowest BCUT2D eigenvalue weighted by atomic mass is 10.1. The SMILES string of the molecule is O=C1Cc2ccc(C(=O)N3CC=CCC3)cc2N1. The third kappa shape index (κ3) is 1.90. The van der Waals surface area contributed by atoms with E-state index in [0.717, 1.165) is 24.2 Å². The lowest BCUT2D eigenvalue weighted by Gasteiger charge is -2.23. The molecule has 4 heteroatoms. The number of hydrogen-bond donors (Lipinski definition) is 1. The maximum Gasteiger partial charge on any atom is 0.254 e. The lowest BCUT2D eigenvalue weighted by molar-refractivity contribution is -0.115. The zero-order valence-electron chi connectivity index (χ0n) is 9.98. The van der Waals surface area contributed by atoms with Crippen LogP contribution >= 0.6 is 0 Å². The molecule has 2 aliphatic rings. The van der Waals surface area contributed by atoms with E-state index < -0.39 is 0 Å². The first-order valence-electron chi connectivity index (χ1n) is 6.11. The van der Waals surface area contributed by atoms with Gasteiger partial charge in [0.2, 0.25) is 5.91 Å². The third-order valence-corrected chi connectivity index (χ3v) is 3.33. The van der Waals surface area contributed by atoms with E-state index in [4.69, 9.17) is 0 Å². The van der Waals surface area contributed by atoms with E-state index in [1.807, 2.05) is 17.0 Å². The summed E-state index contributed by atoms with van der Waals surface area (Å²) in [5, 5.41) is 2.77. The molecule has 18 heavy (non-hydrogen) atoms. The molecule has 0 spiro atoms. The summed E-state index contributed by atoms with van der Waals surface area (Å²) in [6, 6.07) is 5.45. The Kier molecular flexibility index (Phi) is 2.63. The van der Waals surface area contributed by atoms with Crippen molar-refractivity contribution in [1.29, 1.82) is 0 Å². The number of benzene rings is 1. The fraction of sp³-hybridized carbons (Fsp3) is 0.286. The van der Waals surface area contributed by atoms with Crippen LogP contribution in [0, 0.1) is 0 Å². The number of anilines is 1. The number of fused-ring (bicyclic) bond motifs is 1. The maximum atomic E-state index is 12.3. The van der Waals surface area contributed by atoms with Crippen LogP contribution in [0.1, 0.15) is 22.3 Å². The number of hydrogen-bond acceptors (Lipinski definition) is 2. The summed E-state index contributed by atoms with van der Waals surface area (Å²) in [4.78, 5) is 25.3. The van der Waals surface area contributed by atoms with Crippen molar-refractivity contribution in [3.05, 3.63) is 41.5 Å². The first kappa shape index (κ1) is 11.0. The molecule has 92 valence electrons. The molecule has 0 aliphatic carbocycles. The van der Waals surface area contributed by atoms with Crippen LogP contribution in [0.25, 0.3) is 0 Å². The molecule has 1 N–H and O–H groups in total. The molecular formula is C14H14N2O2. The highest BCUT2D eigenvalue weighted by molar-refractivity contribution is 6.02. The summed E-state index contributed by atoms with van der Waals surface area (Å²) in [6.45, 7) is 1.43. The van der Waals surface area contributed by atoms with E-state index in [0.29, 0.717) is 18.5 Å². The first-order valence-corrected chi connectivity index (χ1v) is 6.11. The van der Waals surface area contributed by atoms with Gasteiger partial charge in [-0.2, -0.15) is 0 Å². The molecule has 2 heterocycles. The minimum atomic E-state index is -0.00416. The monoisotopic (exact) mass is 242 g/mol. The minimum absolute atomic E-state index is 0.00416. The summed E-state index contributed by atoms with van der Waals surface area (Å²) < 4.78 is 0. The predicted molar refractivity (Wildman–Crippen MR) is 68.4 cm³/mol. The van der Waals surface area contributed by atoms with Crippen molar-refractivity contribution in [2.75, 3.05) is 18.4 Å². The van der Waals surface area contributed by atoms with Gasteiger partial charge >= 0.3 is 0 Å². The third-order valence-electron chi connectivity index (χ3n) is 3.33. The van der Waals surface area contributed by atoms with Gasteiger partial charge in [-0.1, -0.05) is 18.2 Å². The average Bonchev–Trinajstić information content (AvgIpc) is 2.78. The highest BCUT2D eigenvalue weighted by Gasteiger charge is 2.21. The van der Waals surface area contributed by atoms with Crippen molar-refractivity contribution < 1.29 is 9.59 Å². The molecule has 0 unspecified atom stereocenters. The number of carbonyl (C=O) groups is 2. The van der Waals surface area contributed by atoms with Crippen molar-refractivity contribution in [3.8, 4) is 0 Å². The largest absolute Gasteiger partial charge is 0.335 e. The Hall–Kier alpha value is -2.10. The number of nitrogens with zero attached hydrogens (tertiary/aromatic N) is 1. The second kappa shape index (κ2) is 4.29. The number of carbonyl (C=O) groups excluding carboxylic acids is 2. The normalized spacial score (nSPS) is 17.6. The molecule has 0 atom stereocenters. The van der Waals surface area contributed by atoms with Gasteiger partial charge in [0.25, 0.3) is 5.91 Å². The number of rotatable bonds is 1. The van der Waals surface area contributed by atoms with Crippen LogP contribution in [0.15, 0.2) is 30.4 Å².